The van der Waals surface area contributed by atoms with E-state index in [4.69, 9.17) is 4.74 Å². The van der Waals surface area contributed by atoms with Crippen molar-refractivity contribution in [1.82, 2.24) is 9.88 Å². The average Bonchev–Trinajstić information content (AvgIpc) is 3.33. The summed E-state index contributed by atoms with van der Waals surface area (Å²) in [6.07, 6.45) is 5.54. The first-order valence-electron chi connectivity index (χ1n) is 11.0. The third kappa shape index (κ3) is 5.48. The van der Waals surface area contributed by atoms with Crippen LogP contribution in [0.3, 0.4) is 0 Å². The van der Waals surface area contributed by atoms with Crippen LogP contribution in [0, 0.1) is 23.7 Å². The number of thiophene rings is 1. The highest BCUT2D eigenvalue weighted by Gasteiger charge is 2.33. The number of pyridine rings is 1. The lowest BCUT2D eigenvalue weighted by molar-refractivity contribution is -0.146. The molecule has 1 saturated heterocycles. The van der Waals surface area contributed by atoms with Crippen LogP contribution in [0.2, 0.25) is 0 Å². The van der Waals surface area contributed by atoms with Crippen LogP contribution in [-0.2, 0) is 11.2 Å². The van der Waals surface area contributed by atoms with Crippen molar-refractivity contribution in [3.8, 4) is 17.6 Å². The Morgan fingerprint density at radius 3 is 3.03 bits per heavy atom. The molecule has 5 nitrogen and oxygen atoms in total. The van der Waals surface area contributed by atoms with Crippen LogP contribution in [0.25, 0.3) is 10.9 Å². The summed E-state index contributed by atoms with van der Waals surface area (Å²) in [5, 5.41) is 15.0. The zero-order valence-electron chi connectivity index (χ0n) is 18.3. The number of piperidine rings is 1. The maximum Gasteiger partial charge on any atom is 0.308 e. The number of rotatable bonds is 7. The number of likely N-dealkylation sites (tertiary alicyclic amines) is 1. The first-order valence-corrected chi connectivity index (χ1v) is 12.0. The van der Waals surface area contributed by atoms with Gasteiger partial charge in [-0.15, -0.1) is 0 Å². The molecular formula is C26H28N2O3S. The van der Waals surface area contributed by atoms with E-state index >= 15 is 0 Å². The second-order valence-corrected chi connectivity index (χ2v) is 9.07. The zero-order chi connectivity index (χ0) is 22.3. The van der Waals surface area contributed by atoms with Crippen molar-refractivity contribution in [1.29, 1.82) is 0 Å². The van der Waals surface area contributed by atoms with Gasteiger partial charge in [-0.3, -0.25) is 14.7 Å². The van der Waals surface area contributed by atoms with Crippen LogP contribution in [0.15, 0.2) is 47.3 Å². The molecule has 1 N–H and O–H groups in total. The van der Waals surface area contributed by atoms with Crippen LogP contribution < -0.4 is 4.74 Å². The fourth-order valence-electron chi connectivity index (χ4n) is 4.51. The van der Waals surface area contributed by atoms with Gasteiger partial charge in [-0.25, -0.2) is 0 Å². The lowest BCUT2D eigenvalue weighted by Crippen LogP contribution is -2.44. The van der Waals surface area contributed by atoms with Crippen molar-refractivity contribution in [2.24, 2.45) is 11.8 Å². The molecule has 1 aliphatic rings. The van der Waals surface area contributed by atoms with Gasteiger partial charge in [-0.1, -0.05) is 11.8 Å². The Balaban J connectivity index is 1.34. The largest absolute Gasteiger partial charge is 0.497 e. The summed E-state index contributed by atoms with van der Waals surface area (Å²) in [5.41, 5.74) is 3.23. The van der Waals surface area contributed by atoms with Crippen LogP contribution in [-0.4, -0.2) is 47.7 Å². The van der Waals surface area contributed by atoms with Gasteiger partial charge >= 0.3 is 5.97 Å². The molecule has 6 heteroatoms. The highest BCUT2D eigenvalue weighted by molar-refractivity contribution is 7.08. The number of ether oxygens (including phenoxy) is 1. The van der Waals surface area contributed by atoms with E-state index in [1.165, 1.54) is 5.56 Å². The Morgan fingerprint density at radius 1 is 1.34 bits per heavy atom. The molecule has 1 aliphatic heterocycles. The van der Waals surface area contributed by atoms with E-state index in [9.17, 15) is 9.90 Å². The molecule has 166 valence electrons. The van der Waals surface area contributed by atoms with E-state index in [2.05, 4.69) is 27.8 Å². The van der Waals surface area contributed by atoms with E-state index in [-0.39, 0.29) is 11.8 Å². The summed E-state index contributed by atoms with van der Waals surface area (Å²) in [4.78, 5) is 18.6. The highest BCUT2D eigenvalue weighted by Crippen LogP contribution is 2.30. The molecule has 0 radical (unpaired) electrons. The number of aliphatic carboxylic acids is 1. The number of fused-ring (bicyclic) bond motifs is 1. The molecule has 0 aliphatic carbocycles. The molecule has 32 heavy (non-hydrogen) atoms. The topological polar surface area (TPSA) is 62.7 Å². The van der Waals surface area contributed by atoms with Gasteiger partial charge in [0.15, 0.2) is 0 Å². The van der Waals surface area contributed by atoms with Crippen LogP contribution in [0.5, 0.6) is 5.75 Å². The molecule has 2 atom stereocenters. The Bertz CT molecular complexity index is 1120. The number of aromatic nitrogens is 1. The fraction of sp³-hybridized carbons (Fsp3) is 0.385. The third-order valence-electron chi connectivity index (χ3n) is 6.27. The Labute approximate surface area is 193 Å². The normalized spacial score (nSPS) is 18.8. The van der Waals surface area contributed by atoms with E-state index in [0.717, 1.165) is 54.4 Å². The molecule has 2 aromatic heterocycles. The monoisotopic (exact) mass is 448 g/mol. The molecule has 4 rings (SSSR count). The average molecular weight is 449 g/mol. The number of aryl methyl sites for hydroxylation is 1. The standard InChI is InChI=1S/C26H28N2O3S/c1-31-22-7-8-25-23(16-22)20(9-12-27-25)5-2-6-21-10-14-28(17-24(21)26(29)30)13-3-4-19-11-15-32-18-19/h7-9,11-12,15-16,18,21,24H,2,5-6,10,13-14,17H2,1H3,(H,29,30)/t21-,24+/m1/s1. The fourth-order valence-corrected chi connectivity index (χ4v) is 5.10. The van der Waals surface area contributed by atoms with Gasteiger partial charge in [-0.05, 0) is 79.4 Å². The van der Waals surface area contributed by atoms with E-state index in [0.29, 0.717) is 13.1 Å². The molecule has 0 bridgehead atoms. The number of hydrogen-bond donors (Lipinski definition) is 1. The van der Waals surface area contributed by atoms with Crippen LogP contribution in [0.1, 0.15) is 30.4 Å². The van der Waals surface area contributed by atoms with Crippen molar-refractivity contribution < 1.29 is 14.6 Å². The molecule has 0 unspecified atom stereocenters. The summed E-state index contributed by atoms with van der Waals surface area (Å²) < 4.78 is 5.37. The van der Waals surface area contributed by atoms with Crippen LogP contribution >= 0.6 is 11.3 Å². The SMILES string of the molecule is COc1ccc2nccc(CCC[C@@H]3CCN(CC#Cc4ccsc4)C[C@@H]3C(=O)O)c2c1. The number of nitrogens with zero attached hydrogens (tertiary/aromatic N) is 2. The number of methoxy groups -OCH3 is 1. The predicted octanol–water partition coefficient (Wildman–Crippen LogP) is 4.70. The van der Waals surface area contributed by atoms with E-state index in [1.54, 1.807) is 18.4 Å². The summed E-state index contributed by atoms with van der Waals surface area (Å²) >= 11 is 1.63. The lowest BCUT2D eigenvalue weighted by Gasteiger charge is -2.35. The predicted molar refractivity (Wildman–Crippen MR) is 128 cm³/mol. The number of carboxylic acid groups (broad SMARTS) is 1. The maximum absolute atomic E-state index is 12.0. The van der Waals surface area contributed by atoms with Crippen molar-refractivity contribution in [3.63, 3.8) is 0 Å². The van der Waals surface area contributed by atoms with Gasteiger partial charge in [0, 0.05) is 29.1 Å². The number of benzene rings is 1. The second kappa shape index (κ2) is 10.6. The summed E-state index contributed by atoms with van der Waals surface area (Å²) in [6, 6.07) is 10.0. The molecular weight excluding hydrogens is 420 g/mol. The van der Waals surface area contributed by atoms with Crippen molar-refractivity contribution in [3.05, 3.63) is 58.4 Å². The van der Waals surface area contributed by atoms with Gasteiger partial charge in [0.2, 0.25) is 0 Å². The van der Waals surface area contributed by atoms with Crippen molar-refractivity contribution in [2.45, 2.75) is 25.7 Å². The Hall–Kier alpha value is -2.88. The number of carbonyl (C=O) groups is 1. The van der Waals surface area contributed by atoms with E-state index < -0.39 is 5.97 Å². The molecule has 3 heterocycles. The van der Waals surface area contributed by atoms with Gasteiger partial charge < -0.3 is 9.84 Å². The van der Waals surface area contributed by atoms with Gasteiger partial charge in [-0.2, -0.15) is 11.3 Å². The molecule has 1 fully saturated rings. The molecule has 0 spiro atoms. The van der Waals surface area contributed by atoms with Crippen LogP contribution in [0.4, 0.5) is 0 Å². The maximum atomic E-state index is 12.0. The van der Waals surface area contributed by atoms with Crippen molar-refractivity contribution in [2.75, 3.05) is 26.7 Å². The summed E-state index contributed by atoms with van der Waals surface area (Å²) in [5.74, 6) is 6.36. The summed E-state index contributed by atoms with van der Waals surface area (Å²) in [6.45, 7) is 2.10. The zero-order valence-corrected chi connectivity index (χ0v) is 19.1. The first kappa shape index (κ1) is 22.3. The quantitative estimate of drug-likeness (QED) is 0.531. The molecule has 3 aromatic rings. The number of carboxylic acids is 1. The third-order valence-corrected chi connectivity index (χ3v) is 6.96. The highest BCUT2D eigenvalue weighted by atomic mass is 32.1. The van der Waals surface area contributed by atoms with Crippen molar-refractivity contribution >= 4 is 28.2 Å². The smallest absolute Gasteiger partial charge is 0.308 e. The lowest BCUT2D eigenvalue weighted by atomic mass is 9.81. The summed E-state index contributed by atoms with van der Waals surface area (Å²) in [7, 11) is 1.67. The first-order chi connectivity index (χ1) is 15.6. The minimum atomic E-state index is -0.690. The van der Waals surface area contributed by atoms with Gasteiger partial charge in [0.05, 0.1) is 25.1 Å². The van der Waals surface area contributed by atoms with Gasteiger partial charge in [0.25, 0.3) is 0 Å². The molecule has 0 amide bonds. The molecule has 0 saturated carbocycles. The minimum Gasteiger partial charge on any atom is -0.497 e. The second-order valence-electron chi connectivity index (χ2n) is 8.29. The minimum absolute atomic E-state index is 0.205. The Morgan fingerprint density at radius 2 is 2.25 bits per heavy atom. The Kier molecular flexibility index (Phi) is 7.41. The van der Waals surface area contributed by atoms with E-state index in [1.807, 2.05) is 41.2 Å². The van der Waals surface area contributed by atoms with Gasteiger partial charge in [0.1, 0.15) is 5.75 Å². The molecule has 1 aromatic carbocycles. The number of hydrogen-bond acceptors (Lipinski definition) is 5.